The van der Waals surface area contributed by atoms with Crippen molar-refractivity contribution in [2.24, 2.45) is 5.92 Å². The standard InChI is InChI=1S/C11H14O8/c1-16-8(12)6(9(13)17-2)5-7(10(14)18-3)11(15)19-4/h5-6H,1-4H3. The van der Waals surface area contributed by atoms with Gasteiger partial charge in [0.15, 0.2) is 5.92 Å². The fourth-order valence-electron chi connectivity index (χ4n) is 1.09. The number of carbonyl (C=O) groups is 4. The van der Waals surface area contributed by atoms with E-state index in [0.29, 0.717) is 0 Å². The molecule has 8 nitrogen and oxygen atoms in total. The van der Waals surface area contributed by atoms with Gasteiger partial charge in [0, 0.05) is 0 Å². The molecule has 0 aliphatic carbocycles. The summed E-state index contributed by atoms with van der Waals surface area (Å²) in [6.45, 7) is 0. The number of hydrogen-bond donors (Lipinski definition) is 0. The Morgan fingerprint density at radius 1 is 0.737 bits per heavy atom. The highest BCUT2D eigenvalue weighted by Gasteiger charge is 2.31. The van der Waals surface area contributed by atoms with E-state index in [1.165, 1.54) is 0 Å². The van der Waals surface area contributed by atoms with E-state index in [2.05, 4.69) is 18.9 Å². The smallest absolute Gasteiger partial charge is 0.345 e. The molecule has 0 rings (SSSR count). The predicted octanol–water partition coefficient (Wildman–Crippen LogP) is -0.779. The molecule has 0 aromatic rings. The van der Waals surface area contributed by atoms with Crippen LogP contribution in [-0.2, 0) is 38.1 Å². The van der Waals surface area contributed by atoms with Crippen LogP contribution in [0.3, 0.4) is 0 Å². The lowest BCUT2D eigenvalue weighted by atomic mass is 10.1. The van der Waals surface area contributed by atoms with Crippen LogP contribution in [-0.4, -0.2) is 52.3 Å². The second-order valence-corrected chi connectivity index (χ2v) is 3.09. The topological polar surface area (TPSA) is 105 Å². The van der Waals surface area contributed by atoms with Gasteiger partial charge >= 0.3 is 23.9 Å². The zero-order valence-corrected chi connectivity index (χ0v) is 10.9. The van der Waals surface area contributed by atoms with Crippen molar-refractivity contribution in [2.75, 3.05) is 28.4 Å². The lowest BCUT2D eigenvalue weighted by molar-refractivity contribution is -0.156. The van der Waals surface area contributed by atoms with Crippen molar-refractivity contribution in [3.63, 3.8) is 0 Å². The zero-order valence-electron chi connectivity index (χ0n) is 10.9. The SMILES string of the molecule is COC(=O)C(=CC(C(=O)OC)C(=O)OC)C(=O)OC. The molecule has 0 atom stereocenters. The van der Waals surface area contributed by atoms with E-state index >= 15 is 0 Å². The number of ether oxygens (including phenoxy) is 4. The Kier molecular flexibility index (Phi) is 6.87. The molecule has 0 saturated heterocycles. The molecule has 0 bridgehead atoms. The molecule has 0 unspecified atom stereocenters. The molecule has 0 aromatic heterocycles. The summed E-state index contributed by atoms with van der Waals surface area (Å²) in [5.41, 5.74) is -0.606. The first kappa shape index (κ1) is 16.6. The number of methoxy groups -OCH3 is 4. The quantitative estimate of drug-likeness (QED) is 0.211. The minimum absolute atomic E-state index is 0.606. The lowest BCUT2D eigenvalue weighted by Gasteiger charge is -2.10. The van der Waals surface area contributed by atoms with Gasteiger partial charge < -0.3 is 18.9 Å². The Morgan fingerprint density at radius 3 is 1.37 bits per heavy atom. The van der Waals surface area contributed by atoms with E-state index in [4.69, 9.17) is 0 Å². The van der Waals surface area contributed by atoms with Crippen LogP contribution in [0.25, 0.3) is 0 Å². The van der Waals surface area contributed by atoms with Crippen molar-refractivity contribution in [1.29, 1.82) is 0 Å². The first-order valence-corrected chi connectivity index (χ1v) is 4.97. The summed E-state index contributed by atoms with van der Waals surface area (Å²) in [7, 11) is 4.15. The van der Waals surface area contributed by atoms with E-state index in [1.54, 1.807) is 0 Å². The maximum absolute atomic E-state index is 11.4. The molecule has 8 heteroatoms. The van der Waals surface area contributed by atoms with Gasteiger partial charge in [0.2, 0.25) is 0 Å². The van der Waals surface area contributed by atoms with Gasteiger partial charge in [-0.1, -0.05) is 0 Å². The van der Waals surface area contributed by atoms with E-state index in [1.807, 2.05) is 0 Å². The summed E-state index contributed by atoms with van der Waals surface area (Å²) in [6.07, 6.45) is 0.773. The largest absolute Gasteiger partial charge is 0.468 e. The molecule has 19 heavy (non-hydrogen) atoms. The van der Waals surface area contributed by atoms with Crippen LogP contribution < -0.4 is 0 Å². The number of carbonyl (C=O) groups excluding carboxylic acids is 4. The van der Waals surface area contributed by atoms with Crippen LogP contribution in [0.1, 0.15) is 0 Å². The Bertz CT molecular complexity index is 375. The van der Waals surface area contributed by atoms with E-state index in [-0.39, 0.29) is 0 Å². The van der Waals surface area contributed by atoms with Crippen molar-refractivity contribution in [1.82, 2.24) is 0 Å². The molecule has 0 fully saturated rings. The van der Waals surface area contributed by atoms with Gasteiger partial charge in [-0.25, -0.2) is 9.59 Å². The van der Waals surface area contributed by atoms with Crippen LogP contribution in [0.15, 0.2) is 11.6 Å². The molecule has 0 spiro atoms. The molecular weight excluding hydrogens is 260 g/mol. The highest BCUT2D eigenvalue weighted by Crippen LogP contribution is 2.11. The van der Waals surface area contributed by atoms with E-state index < -0.39 is 35.4 Å². The first-order chi connectivity index (χ1) is 8.92. The molecule has 0 amide bonds. The summed E-state index contributed by atoms with van der Waals surface area (Å²) < 4.78 is 17.5. The van der Waals surface area contributed by atoms with Crippen molar-refractivity contribution >= 4 is 23.9 Å². The van der Waals surface area contributed by atoms with E-state index in [0.717, 1.165) is 34.5 Å². The van der Waals surface area contributed by atoms with Crippen molar-refractivity contribution in [3.8, 4) is 0 Å². The van der Waals surface area contributed by atoms with Crippen molar-refractivity contribution in [3.05, 3.63) is 11.6 Å². The van der Waals surface area contributed by atoms with Gasteiger partial charge in [-0.2, -0.15) is 0 Å². The summed E-state index contributed by atoms with van der Waals surface area (Å²) >= 11 is 0. The Labute approximate surface area is 109 Å². The second-order valence-electron chi connectivity index (χ2n) is 3.09. The predicted molar refractivity (Wildman–Crippen MR) is 59.6 cm³/mol. The summed E-state index contributed by atoms with van der Waals surface area (Å²) in [5, 5.41) is 0. The summed E-state index contributed by atoms with van der Waals surface area (Å²) in [5.74, 6) is -5.65. The maximum atomic E-state index is 11.4. The third kappa shape index (κ3) is 4.41. The highest BCUT2D eigenvalue weighted by atomic mass is 16.6. The van der Waals surface area contributed by atoms with Crippen molar-refractivity contribution < 1.29 is 38.1 Å². The monoisotopic (exact) mass is 274 g/mol. The van der Waals surface area contributed by atoms with Crippen LogP contribution in [0.2, 0.25) is 0 Å². The summed E-state index contributed by atoms with van der Waals surface area (Å²) in [6, 6.07) is 0. The molecular formula is C11H14O8. The Hall–Kier alpha value is -2.38. The average Bonchev–Trinajstić information content (AvgIpc) is 2.45. The fourth-order valence-corrected chi connectivity index (χ4v) is 1.09. The molecule has 0 aliphatic heterocycles. The lowest BCUT2D eigenvalue weighted by Crippen LogP contribution is -2.27. The molecule has 0 aliphatic rings. The van der Waals surface area contributed by atoms with Crippen LogP contribution in [0.4, 0.5) is 0 Å². The molecule has 0 N–H and O–H groups in total. The molecule has 0 radical (unpaired) electrons. The molecule has 0 heterocycles. The molecule has 106 valence electrons. The highest BCUT2D eigenvalue weighted by molar-refractivity contribution is 6.15. The number of rotatable bonds is 5. The van der Waals surface area contributed by atoms with Gasteiger partial charge in [0.1, 0.15) is 5.57 Å². The molecule has 0 aromatic carbocycles. The average molecular weight is 274 g/mol. The third-order valence-corrected chi connectivity index (χ3v) is 2.05. The number of esters is 4. The van der Waals surface area contributed by atoms with Gasteiger partial charge in [-0.05, 0) is 6.08 Å². The maximum Gasteiger partial charge on any atom is 0.345 e. The molecule has 0 saturated carbocycles. The second kappa shape index (κ2) is 7.85. The first-order valence-electron chi connectivity index (χ1n) is 4.97. The van der Waals surface area contributed by atoms with Crippen LogP contribution >= 0.6 is 0 Å². The van der Waals surface area contributed by atoms with Gasteiger partial charge in [0.25, 0.3) is 0 Å². The zero-order chi connectivity index (χ0) is 15.0. The van der Waals surface area contributed by atoms with E-state index in [9.17, 15) is 19.2 Å². The third-order valence-electron chi connectivity index (χ3n) is 2.05. The summed E-state index contributed by atoms with van der Waals surface area (Å²) in [4.78, 5) is 45.5. The van der Waals surface area contributed by atoms with Gasteiger partial charge in [-0.3, -0.25) is 9.59 Å². The van der Waals surface area contributed by atoms with Crippen LogP contribution in [0, 0.1) is 5.92 Å². The Balaban J connectivity index is 5.57. The minimum Gasteiger partial charge on any atom is -0.468 e. The fraction of sp³-hybridized carbons (Fsp3) is 0.455. The number of hydrogen-bond acceptors (Lipinski definition) is 8. The Morgan fingerprint density at radius 2 is 1.11 bits per heavy atom. The normalized spacial score (nSPS) is 9.32. The minimum atomic E-state index is -1.57. The van der Waals surface area contributed by atoms with Gasteiger partial charge in [0.05, 0.1) is 28.4 Å². The van der Waals surface area contributed by atoms with Crippen molar-refractivity contribution in [2.45, 2.75) is 0 Å². The van der Waals surface area contributed by atoms with Gasteiger partial charge in [-0.15, -0.1) is 0 Å². The van der Waals surface area contributed by atoms with Crippen LogP contribution in [0.5, 0.6) is 0 Å².